The lowest BCUT2D eigenvalue weighted by molar-refractivity contribution is 0.765. The molecule has 2 aromatic heterocycles. The highest BCUT2D eigenvalue weighted by molar-refractivity contribution is 7.99. The van der Waals surface area contributed by atoms with Crippen LogP contribution >= 0.6 is 11.8 Å². The molecular formula is C14H22N6S. The molecule has 21 heavy (non-hydrogen) atoms. The van der Waals surface area contributed by atoms with E-state index >= 15 is 0 Å². The smallest absolute Gasteiger partial charge is 0.191 e. The zero-order valence-electron chi connectivity index (χ0n) is 12.7. The van der Waals surface area contributed by atoms with E-state index in [-0.39, 0.29) is 6.04 Å². The largest absolute Gasteiger partial charge is 0.383 e. The van der Waals surface area contributed by atoms with Crippen LogP contribution in [0.1, 0.15) is 38.3 Å². The molecule has 0 aromatic carbocycles. The zero-order valence-corrected chi connectivity index (χ0v) is 13.5. The van der Waals surface area contributed by atoms with Crippen LogP contribution in [0.3, 0.4) is 0 Å². The van der Waals surface area contributed by atoms with Crippen LogP contribution in [-0.2, 0) is 7.05 Å². The number of nitrogens with zero attached hydrogens (tertiary/aromatic N) is 4. The van der Waals surface area contributed by atoms with Gasteiger partial charge in [0.05, 0.1) is 12.2 Å². The Morgan fingerprint density at radius 3 is 2.90 bits per heavy atom. The number of aromatic nitrogens is 4. The third kappa shape index (κ3) is 4.63. The molecule has 0 saturated carbocycles. The molecule has 1 unspecified atom stereocenters. The maximum absolute atomic E-state index is 5.86. The summed E-state index contributed by atoms with van der Waals surface area (Å²) in [4.78, 5) is 8.77. The third-order valence-corrected chi connectivity index (χ3v) is 3.98. The molecule has 2 aromatic rings. The number of nitrogen functional groups attached to an aromatic ring is 1. The highest BCUT2D eigenvalue weighted by Crippen LogP contribution is 2.22. The fourth-order valence-corrected chi connectivity index (χ4v) is 2.81. The number of thioether (sulfide) groups is 1. The van der Waals surface area contributed by atoms with Gasteiger partial charge in [0, 0.05) is 30.6 Å². The fraction of sp³-hybridized carbons (Fsp3) is 0.500. The Labute approximate surface area is 129 Å². The summed E-state index contributed by atoms with van der Waals surface area (Å²) in [7, 11) is 1.90. The predicted octanol–water partition coefficient (Wildman–Crippen LogP) is 2.86. The highest BCUT2D eigenvalue weighted by atomic mass is 32.2. The minimum atomic E-state index is 0.112. The molecule has 0 bridgehead atoms. The lowest BCUT2D eigenvalue weighted by Crippen LogP contribution is -2.09. The molecule has 2 heterocycles. The molecule has 7 heteroatoms. The number of unbranched alkanes of at least 4 members (excludes halogenated alkanes) is 1. The minimum Gasteiger partial charge on any atom is -0.383 e. The summed E-state index contributed by atoms with van der Waals surface area (Å²) in [5.41, 5.74) is 6.97. The van der Waals surface area contributed by atoms with Gasteiger partial charge in [0.15, 0.2) is 5.16 Å². The maximum atomic E-state index is 5.86. The summed E-state index contributed by atoms with van der Waals surface area (Å²) in [6.07, 6.45) is 6.15. The van der Waals surface area contributed by atoms with Crippen LogP contribution in [0.2, 0.25) is 0 Å². The van der Waals surface area contributed by atoms with Gasteiger partial charge >= 0.3 is 0 Å². The van der Waals surface area contributed by atoms with Crippen molar-refractivity contribution in [3.63, 3.8) is 0 Å². The number of nitrogens with two attached hydrogens (primary N) is 1. The van der Waals surface area contributed by atoms with Gasteiger partial charge < -0.3 is 11.1 Å². The van der Waals surface area contributed by atoms with Gasteiger partial charge in [-0.1, -0.05) is 25.1 Å². The second kappa shape index (κ2) is 7.31. The maximum Gasteiger partial charge on any atom is 0.191 e. The lowest BCUT2D eigenvalue weighted by atomic mass is 10.2. The molecule has 0 aliphatic rings. The Morgan fingerprint density at radius 2 is 2.24 bits per heavy atom. The lowest BCUT2D eigenvalue weighted by Gasteiger charge is -2.13. The summed E-state index contributed by atoms with van der Waals surface area (Å²) < 4.78 is 1.79. The summed E-state index contributed by atoms with van der Waals surface area (Å²) in [5, 5.41) is 8.25. The number of nitrogens with one attached hydrogen (secondary N) is 1. The van der Waals surface area contributed by atoms with Gasteiger partial charge in [-0.3, -0.25) is 4.68 Å². The standard InChI is InChI=1S/C14H22N6S/c1-4-5-6-21-14-18-12(15)7-13(19-14)17-10(2)11-8-16-20(3)9-11/h7-10H,4-6H2,1-3H3,(H3,15,17,18,19). The first-order valence-corrected chi connectivity index (χ1v) is 8.09. The molecule has 2 rings (SSSR count). The van der Waals surface area contributed by atoms with E-state index in [9.17, 15) is 0 Å². The molecule has 3 N–H and O–H groups in total. The molecule has 0 saturated heterocycles. The van der Waals surface area contributed by atoms with Gasteiger partial charge in [0.1, 0.15) is 11.6 Å². The molecule has 1 atom stereocenters. The van der Waals surface area contributed by atoms with Gasteiger partial charge in [-0.25, -0.2) is 9.97 Å². The molecule has 114 valence electrons. The summed E-state index contributed by atoms with van der Waals surface area (Å²) in [5.74, 6) is 2.25. The SMILES string of the molecule is CCCCSc1nc(N)cc(NC(C)c2cnn(C)c2)n1. The van der Waals surface area contributed by atoms with Crippen molar-refractivity contribution in [2.24, 2.45) is 7.05 Å². The first kappa shape index (κ1) is 15.6. The number of hydrogen-bond donors (Lipinski definition) is 2. The van der Waals surface area contributed by atoms with Gasteiger partial charge in [-0.05, 0) is 13.3 Å². The van der Waals surface area contributed by atoms with Crippen LogP contribution in [0.25, 0.3) is 0 Å². The van der Waals surface area contributed by atoms with Crippen molar-refractivity contribution in [2.75, 3.05) is 16.8 Å². The van der Waals surface area contributed by atoms with E-state index in [2.05, 4.69) is 34.2 Å². The van der Waals surface area contributed by atoms with Gasteiger partial charge in [-0.15, -0.1) is 0 Å². The Balaban J connectivity index is 2.05. The van der Waals surface area contributed by atoms with Gasteiger partial charge in [-0.2, -0.15) is 5.10 Å². The molecule has 0 amide bonds. The fourth-order valence-electron chi connectivity index (χ4n) is 1.86. The molecular weight excluding hydrogens is 284 g/mol. The first-order chi connectivity index (χ1) is 10.1. The first-order valence-electron chi connectivity index (χ1n) is 7.11. The molecule has 0 radical (unpaired) electrons. The minimum absolute atomic E-state index is 0.112. The Morgan fingerprint density at radius 1 is 1.43 bits per heavy atom. The van der Waals surface area contributed by atoms with Crippen molar-refractivity contribution in [2.45, 2.75) is 37.9 Å². The van der Waals surface area contributed by atoms with Gasteiger partial charge in [0.25, 0.3) is 0 Å². The molecule has 0 fully saturated rings. The third-order valence-electron chi connectivity index (χ3n) is 3.04. The summed E-state index contributed by atoms with van der Waals surface area (Å²) in [6, 6.07) is 1.87. The zero-order chi connectivity index (χ0) is 15.2. The Hall–Kier alpha value is -1.76. The van der Waals surface area contributed by atoms with Crippen molar-refractivity contribution in [3.05, 3.63) is 24.0 Å². The van der Waals surface area contributed by atoms with Crippen molar-refractivity contribution in [1.29, 1.82) is 0 Å². The Bertz CT molecular complexity index is 583. The number of rotatable bonds is 7. The van der Waals surface area contributed by atoms with Crippen LogP contribution in [0.5, 0.6) is 0 Å². The average molecular weight is 306 g/mol. The summed E-state index contributed by atoms with van der Waals surface area (Å²) in [6.45, 7) is 4.24. The van der Waals surface area contributed by atoms with E-state index in [0.717, 1.165) is 28.7 Å². The van der Waals surface area contributed by atoms with Crippen LogP contribution < -0.4 is 11.1 Å². The second-order valence-electron chi connectivity index (χ2n) is 4.98. The van der Waals surface area contributed by atoms with E-state index < -0.39 is 0 Å². The number of aryl methyl sites for hydroxylation is 1. The summed E-state index contributed by atoms with van der Waals surface area (Å²) >= 11 is 1.64. The number of hydrogen-bond acceptors (Lipinski definition) is 6. The van der Waals surface area contributed by atoms with Crippen LogP contribution in [-0.4, -0.2) is 25.5 Å². The average Bonchev–Trinajstić information content (AvgIpc) is 2.85. The van der Waals surface area contributed by atoms with Crippen molar-refractivity contribution >= 4 is 23.4 Å². The van der Waals surface area contributed by atoms with E-state index in [1.165, 1.54) is 6.42 Å². The van der Waals surface area contributed by atoms with Crippen LogP contribution in [0, 0.1) is 0 Å². The molecule has 0 aliphatic carbocycles. The normalized spacial score (nSPS) is 12.3. The van der Waals surface area contributed by atoms with Crippen molar-refractivity contribution in [3.8, 4) is 0 Å². The number of anilines is 2. The van der Waals surface area contributed by atoms with E-state index in [1.54, 1.807) is 22.5 Å². The van der Waals surface area contributed by atoms with Crippen molar-refractivity contribution < 1.29 is 0 Å². The molecule has 0 aliphatic heterocycles. The second-order valence-corrected chi connectivity index (χ2v) is 6.04. The topological polar surface area (TPSA) is 81.6 Å². The predicted molar refractivity (Wildman–Crippen MR) is 87.3 cm³/mol. The quantitative estimate of drug-likeness (QED) is 0.465. The molecule has 0 spiro atoms. The highest BCUT2D eigenvalue weighted by Gasteiger charge is 2.10. The van der Waals surface area contributed by atoms with E-state index in [0.29, 0.717) is 5.82 Å². The molecule has 6 nitrogen and oxygen atoms in total. The van der Waals surface area contributed by atoms with Crippen molar-refractivity contribution in [1.82, 2.24) is 19.7 Å². The van der Waals surface area contributed by atoms with Crippen LogP contribution in [0.15, 0.2) is 23.6 Å². The van der Waals surface area contributed by atoms with E-state index in [1.807, 2.05) is 19.4 Å². The van der Waals surface area contributed by atoms with Gasteiger partial charge in [0.2, 0.25) is 0 Å². The van der Waals surface area contributed by atoms with Crippen LogP contribution in [0.4, 0.5) is 11.6 Å². The Kier molecular flexibility index (Phi) is 5.44. The van der Waals surface area contributed by atoms with E-state index in [4.69, 9.17) is 5.73 Å². The monoisotopic (exact) mass is 306 g/mol.